The highest BCUT2D eigenvalue weighted by atomic mass is 35.5. The van der Waals surface area contributed by atoms with Crippen LogP contribution in [0.2, 0.25) is 6.04 Å². The zero-order valence-electron chi connectivity index (χ0n) is 28.3. The zero-order chi connectivity index (χ0) is 28.9. The summed E-state index contributed by atoms with van der Waals surface area (Å²) in [4.78, 5) is 0. The molecule has 0 N–H and O–H groups in total. The molecule has 0 saturated carbocycles. The van der Waals surface area contributed by atoms with Crippen LogP contribution in [0, 0.1) is 0 Å². The van der Waals surface area contributed by atoms with E-state index in [1.54, 1.807) is 0 Å². The van der Waals surface area contributed by atoms with Crippen LogP contribution in [-0.4, -0.2) is 59.8 Å². The third kappa shape index (κ3) is 24.9. The number of rotatable bonds is 32. The molecule has 0 atom stereocenters. The van der Waals surface area contributed by atoms with E-state index in [-0.39, 0.29) is 12.4 Å². The molecule has 0 heterocycles. The van der Waals surface area contributed by atoms with Crippen molar-refractivity contribution in [1.82, 2.24) is 0 Å². The molecule has 0 aliphatic rings. The second-order valence-corrected chi connectivity index (χ2v) is 15.2. The van der Waals surface area contributed by atoms with E-state index >= 15 is 0 Å². The fourth-order valence-corrected chi connectivity index (χ4v) is 8.01. The highest BCUT2D eigenvalue weighted by Gasteiger charge is 2.41. The Morgan fingerprint density at radius 2 is 0.700 bits per heavy atom. The molecule has 0 bridgehead atoms. The van der Waals surface area contributed by atoms with Gasteiger partial charge in [-0.3, -0.25) is 0 Å². The van der Waals surface area contributed by atoms with Crippen LogP contribution in [0.1, 0.15) is 169 Å². The maximum atomic E-state index is 6.56. The molecule has 0 rings (SSSR count). The summed E-state index contributed by atoms with van der Waals surface area (Å²) in [5, 5.41) is 0. The normalized spacial score (nSPS) is 12.2. The van der Waals surface area contributed by atoms with E-state index in [2.05, 4.69) is 41.7 Å². The first-order chi connectivity index (χ1) is 19.0. The predicted octanol–water partition coefficient (Wildman–Crippen LogP) is 7.72. The average molecular weight is 609 g/mol. The fraction of sp³-hybridized carbons (Fsp3) is 1.00. The Bertz CT molecular complexity index is 453. The van der Waals surface area contributed by atoms with Gasteiger partial charge in [0.25, 0.3) is 0 Å². The molecule has 0 radical (unpaired) electrons. The molecule has 0 aromatic carbocycles. The van der Waals surface area contributed by atoms with Crippen molar-refractivity contribution < 1.29 is 30.2 Å². The van der Waals surface area contributed by atoms with Crippen LogP contribution >= 0.6 is 0 Å². The summed E-state index contributed by atoms with van der Waals surface area (Å²) >= 11 is 0. The molecular weight excluding hydrogens is 534 g/mol. The Morgan fingerprint density at radius 1 is 0.400 bits per heavy atom. The van der Waals surface area contributed by atoms with Crippen molar-refractivity contribution in [3.8, 4) is 0 Å². The van der Waals surface area contributed by atoms with E-state index in [0.717, 1.165) is 70.8 Å². The molecule has 40 heavy (non-hydrogen) atoms. The summed E-state index contributed by atoms with van der Waals surface area (Å²) in [7, 11) is -0.0977. The van der Waals surface area contributed by atoms with Gasteiger partial charge in [-0.15, -0.1) is 0 Å². The molecule has 0 fully saturated rings. The number of quaternary nitrogens is 1. The van der Waals surface area contributed by atoms with Gasteiger partial charge in [0.05, 0.1) is 26.7 Å². The maximum Gasteiger partial charge on any atom is 0.501 e. The van der Waals surface area contributed by atoms with E-state index in [4.69, 9.17) is 13.3 Å². The lowest BCUT2D eigenvalue weighted by atomic mass is 10.1. The number of hydrogen-bond acceptors (Lipinski definition) is 3. The van der Waals surface area contributed by atoms with Crippen LogP contribution in [0.15, 0.2) is 0 Å². The Balaban J connectivity index is 0. The second kappa shape index (κ2) is 30.8. The van der Waals surface area contributed by atoms with Crippen molar-refractivity contribution in [3.05, 3.63) is 0 Å². The Labute approximate surface area is 260 Å². The van der Waals surface area contributed by atoms with Gasteiger partial charge < -0.3 is 30.2 Å². The quantitative estimate of drug-likeness (QED) is 0.0445. The Kier molecular flexibility index (Phi) is 32.7. The van der Waals surface area contributed by atoms with Gasteiger partial charge in [-0.1, -0.05) is 118 Å². The first-order valence-electron chi connectivity index (χ1n) is 17.8. The minimum absolute atomic E-state index is 0. The monoisotopic (exact) mass is 608 g/mol. The van der Waals surface area contributed by atoms with Crippen molar-refractivity contribution in [3.63, 3.8) is 0 Å². The van der Waals surface area contributed by atoms with Gasteiger partial charge in [0, 0.05) is 32.3 Å². The fourth-order valence-electron chi connectivity index (χ4n) is 5.37. The van der Waals surface area contributed by atoms with Crippen molar-refractivity contribution in [2.75, 3.05) is 46.5 Å². The molecule has 0 spiro atoms. The molecular formula is C34H74ClNO3Si. The van der Waals surface area contributed by atoms with E-state index in [1.807, 2.05) is 0 Å². The van der Waals surface area contributed by atoms with E-state index in [1.165, 1.54) is 114 Å². The van der Waals surface area contributed by atoms with Crippen molar-refractivity contribution in [2.24, 2.45) is 0 Å². The number of hydrogen-bond donors (Lipinski definition) is 0. The van der Waals surface area contributed by atoms with E-state index in [9.17, 15) is 0 Å². The standard InChI is InChI=1S/C34H74NO3Si.ClH/c1-7-12-17-19-21-23-25-28-35(6,29-26-24-22-20-18-13-8-2)30-27-34-39(36-31-14-9-3,37-32-15-10-4)38-33-16-11-5;/h7-34H2,1-6H3;1H/q+1;/p-1. The third-order valence-electron chi connectivity index (χ3n) is 8.24. The van der Waals surface area contributed by atoms with Gasteiger partial charge in [0.15, 0.2) is 0 Å². The lowest BCUT2D eigenvalue weighted by Crippen LogP contribution is -3.00. The number of unbranched alkanes of at least 4 members (excludes halogenated alkanes) is 15. The molecule has 0 amide bonds. The van der Waals surface area contributed by atoms with Crippen LogP contribution in [0.25, 0.3) is 0 Å². The molecule has 0 unspecified atom stereocenters. The van der Waals surface area contributed by atoms with Gasteiger partial charge in [-0.05, 0) is 44.9 Å². The summed E-state index contributed by atoms with van der Waals surface area (Å²) in [6.07, 6.45) is 27.4. The lowest BCUT2D eigenvalue weighted by Gasteiger charge is -2.36. The van der Waals surface area contributed by atoms with Crippen molar-refractivity contribution in [1.29, 1.82) is 0 Å². The summed E-state index contributed by atoms with van der Waals surface area (Å²) in [5.74, 6) is 0. The van der Waals surface area contributed by atoms with E-state index < -0.39 is 8.80 Å². The highest BCUT2D eigenvalue weighted by molar-refractivity contribution is 6.60. The van der Waals surface area contributed by atoms with Gasteiger partial charge >= 0.3 is 8.80 Å². The SMILES string of the molecule is CCCCCCCCC[N+](C)(CCCCCCCCC)CCC[Si](OCCCC)(OCCCC)OCCCC.[Cl-]. The molecule has 4 nitrogen and oxygen atoms in total. The van der Waals surface area contributed by atoms with Crippen LogP contribution in [0.5, 0.6) is 0 Å². The van der Waals surface area contributed by atoms with Gasteiger partial charge in [-0.2, -0.15) is 0 Å². The molecule has 0 aliphatic heterocycles. The highest BCUT2D eigenvalue weighted by Crippen LogP contribution is 2.23. The minimum atomic E-state index is -2.63. The first kappa shape index (κ1) is 42.5. The second-order valence-electron chi connectivity index (χ2n) is 12.4. The lowest BCUT2D eigenvalue weighted by molar-refractivity contribution is -0.910. The predicted molar refractivity (Wildman–Crippen MR) is 175 cm³/mol. The van der Waals surface area contributed by atoms with Crippen LogP contribution in [-0.2, 0) is 13.3 Å². The van der Waals surface area contributed by atoms with Gasteiger partial charge in [-0.25, -0.2) is 0 Å². The molecule has 244 valence electrons. The summed E-state index contributed by atoms with van der Waals surface area (Å²) in [6.45, 7) is 17.5. The summed E-state index contributed by atoms with van der Waals surface area (Å²) < 4.78 is 20.9. The van der Waals surface area contributed by atoms with Crippen LogP contribution in [0.3, 0.4) is 0 Å². The van der Waals surface area contributed by atoms with Crippen molar-refractivity contribution >= 4 is 8.80 Å². The Morgan fingerprint density at radius 3 is 1.05 bits per heavy atom. The molecule has 0 saturated heterocycles. The van der Waals surface area contributed by atoms with Crippen LogP contribution < -0.4 is 12.4 Å². The third-order valence-corrected chi connectivity index (χ3v) is 11.1. The van der Waals surface area contributed by atoms with E-state index in [0.29, 0.717) is 0 Å². The minimum Gasteiger partial charge on any atom is -1.00 e. The average Bonchev–Trinajstić information content (AvgIpc) is 2.92. The largest absolute Gasteiger partial charge is 1.00 e. The maximum absolute atomic E-state index is 6.56. The van der Waals surface area contributed by atoms with Gasteiger partial charge in [0.2, 0.25) is 0 Å². The van der Waals surface area contributed by atoms with Crippen molar-refractivity contribution in [2.45, 2.75) is 176 Å². The van der Waals surface area contributed by atoms with Crippen LogP contribution in [0.4, 0.5) is 0 Å². The topological polar surface area (TPSA) is 27.7 Å². The molecule has 0 aliphatic carbocycles. The molecule has 6 heteroatoms. The Hall–Kier alpha value is 0.347. The van der Waals surface area contributed by atoms with Gasteiger partial charge in [0.1, 0.15) is 0 Å². The summed E-state index contributed by atoms with van der Waals surface area (Å²) in [6, 6.07) is 0.978. The number of nitrogens with zero attached hydrogens (tertiary/aromatic N) is 1. The molecule has 0 aromatic rings. The molecule has 0 aromatic heterocycles. The zero-order valence-corrected chi connectivity index (χ0v) is 30.1. The summed E-state index contributed by atoms with van der Waals surface area (Å²) in [5.41, 5.74) is 0. The first-order valence-corrected chi connectivity index (χ1v) is 19.7. The smallest absolute Gasteiger partial charge is 0.501 e. The number of halogens is 1.